The van der Waals surface area contributed by atoms with Gasteiger partial charge in [-0.2, -0.15) is 0 Å². The molecule has 1 unspecified atom stereocenters. The Morgan fingerprint density at radius 2 is 1.70 bits per heavy atom. The average molecular weight is 370 g/mol. The fourth-order valence-electron chi connectivity index (χ4n) is 3.01. The van der Waals surface area contributed by atoms with Crippen molar-refractivity contribution in [1.29, 1.82) is 0 Å². The molecule has 0 spiro atoms. The minimum Gasteiger partial charge on any atom is -0.497 e. The lowest BCUT2D eigenvalue weighted by Gasteiger charge is -2.29. The van der Waals surface area contributed by atoms with Crippen LogP contribution in [-0.2, 0) is 4.79 Å². The molecular formula is C22H30N2O3. The molecule has 0 fully saturated rings. The highest BCUT2D eigenvalue weighted by Gasteiger charge is 2.19. The summed E-state index contributed by atoms with van der Waals surface area (Å²) < 4.78 is 10.7. The van der Waals surface area contributed by atoms with Crippen molar-refractivity contribution in [3.05, 3.63) is 53.6 Å². The molecule has 0 bridgehead atoms. The summed E-state index contributed by atoms with van der Waals surface area (Å²) >= 11 is 0. The molecule has 2 aromatic carbocycles. The van der Waals surface area contributed by atoms with Crippen LogP contribution in [0.2, 0.25) is 0 Å². The largest absolute Gasteiger partial charge is 0.497 e. The van der Waals surface area contributed by atoms with Crippen LogP contribution in [0.5, 0.6) is 11.5 Å². The van der Waals surface area contributed by atoms with Crippen LogP contribution in [-0.4, -0.2) is 32.7 Å². The smallest absolute Gasteiger partial charge is 0.240 e. The Hall–Kier alpha value is -2.69. The van der Waals surface area contributed by atoms with Crippen molar-refractivity contribution in [2.75, 3.05) is 25.7 Å². The molecule has 0 saturated carbocycles. The summed E-state index contributed by atoms with van der Waals surface area (Å²) in [6.45, 7) is 8.46. The van der Waals surface area contributed by atoms with Crippen molar-refractivity contribution < 1.29 is 14.3 Å². The molecule has 2 rings (SSSR count). The topological polar surface area (TPSA) is 50.8 Å². The molecule has 0 aromatic heterocycles. The lowest BCUT2D eigenvalue weighted by atomic mass is 10.1. The van der Waals surface area contributed by atoms with E-state index in [-0.39, 0.29) is 24.5 Å². The Morgan fingerprint density at radius 3 is 2.26 bits per heavy atom. The molecular weight excluding hydrogens is 340 g/mol. The SMILES string of the molecule is COc1ccc(OC)c(C(C)NC(=O)CN(c2ccc(C)cc2)C(C)C)c1. The van der Waals surface area contributed by atoms with Gasteiger partial charge in [-0.05, 0) is 58.0 Å². The number of amides is 1. The standard InChI is InChI=1S/C22H30N2O3/c1-15(2)24(18-9-7-16(3)8-10-18)14-22(25)23-17(4)20-13-19(26-5)11-12-21(20)27-6/h7-13,15,17H,14H2,1-6H3,(H,23,25). The second kappa shape index (κ2) is 9.31. The maximum Gasteiger partial charge on any atom is 0.240 e. The van der Waals surface area contributed by atoms with Crippen molar-refractivity contribution in [2.24, 2.45) is 0 Å². The van der Waals surface area contributed by atoms with Gasteiger partial charge in [-0.3, -0.25) is 4.79 Å². The zero-order valence-electron chi connectivity index (χ0n) is 17.1. The third-order valence-electron chi connectivity index (χ3n) is 4.58. The lowest BCUT2D eigenvalue weighted by molar-refractivity contribution is -0.120. The van der Waals surface area contributed by atoms with Gasteiger partial charge in [0.15, 0.2) is 0 Å². The van der Waals surface area contributed by atoms with Crippen LogP contribution < -0.4 is 19.7 Å². The highest BCUT2D eigenvalue weighted by atomic mass is 16.5. The first-order valence-electron chi connectivity index (χ1n) is 9.20. The first kappa shape index (κ1) is 20.6. The third-order valence-corrected chi connectivity index (χ3v) is 4.58. The number of hydrogen-bond donors (Lipinski definition) is 1. The van der Waals surface area contributed by atoms with E-state index in [4.69, 9.17) is 9.47 Å². The molecule has 27 heavy (non-hydrogen) atoms. The first-order chi connectivity index (χ1) is 12.8. The van der Waals surface area contributed by atoms with E-state index >= 15 is 0 Å². The van der Waals surface area contributed by atoms with E-state index in [2.05, 4.69) is 55.3 Å². The van der Waals surface area contributed by atoms with Gasteiger partial charge < -0.3 is 19.7 Å². The van der Waals surface area contributed by atoms with E-state index in [0.29, 0.717) is 0 Å². The Bertz CT molecular complexity index is 757. The molecule has 0 aliphatic heterocycles. The summed E-state index contributed by atoms with van der Waals surface area (Å²) in [6, 6.07) is 13.8. The monoisotopic (exact) mass is 370 g/mol. The van der Waals surface area contributed by atoms with E-state index < -0.39 is 0 Å². The minimum atomic E-state index is -0.199. The number of methoxy groups -OCH3 is 2. The molecule has 2 aromatic rings. The van der Waals surface area contributed by atoms with E-state index in [1.54, 1.807) is 14.2 Å². The fourth-order valence-corrected chi connectivity index (χ4v) is 3.01. The number of benzene rings is 2. The number of ether oxygens (including phenoxy) is 2. The highest BCUT2D eigenvalue weighted by molar-refractivity contribution is 5.82. The maximum absolute atomic E-state index is 12.7. The number of carbonyl (C=O) groups excluding carboxylic acids is 1. The highest BCUT2D eigenvalue weighted by Crippen LogP contribution is 2.29. The Labute approximate surface area is 162 Å². The van der Waals surface area contributed by atoms with Crippen molar-refractivity contribution in [3.8, 4) is 11.5 Å². The summed E-state index contributed by atoms with van der Waals surface area (Å²) in [6.07, 6.45) is 0. The number of anilines is 1. The molecule has 0 aliphatic rings. The van der Waals surface area contributed by atoms with Gasteiger partial charge in [-0.15, -0.1) is 0 Å². The Kier molecular flexibility index (Phi) is 7.11. The second-order valence-electron chi connectivity index (χ2n) is 6.95. The lowest BCUT2D eigenvalue weighted by Crippen LogP contribution is -2.41. The van der Waals surface area contributed by atoms with Crippen LogP contribution in [0, 0.1) is 6.92 Å². The number of aryl methyl sites for hydroxylation is 1. The molecule has 5 heteroatoms. The molecule has 1 amide bonds. The zero-order valence-corrected chi connectivity index (χ0v) is 17.1. The molecule has 0 saturated heterocycles. The molecule has 146 valence electrons. The van der Waals surface area contributed by atoms with Crippen LogP contribution in [0.25, 0.3) is 0 Å². The van der Waals surface area contributed by atoms with Gasteiger partial charge in [-0.25, -0.2) is 0 Å². The Morgan fingerprint density at radius 1 is 1.04 bits per heavy atom. The zero-order chi connectivity index (χ0) is 20.0. The fraction of sp³-hybridized carbons (Fsp3) is 0.409. The molecule has 1 atom stereocenters. The number of nitrogens with zero attached hydrogens (tertiary/aromatic N) is 1. The van der Waals surface area contributed by atoms with E-state index in [9.17, 15) is 4.79 Å². The normalized spacial score (nSPS) is 11.8. The summed E-state index contributed by atoms with van der Waals surface area (Å²) in [5.41, 5.74) is 3.12. The van der Waals surface area contributed by atoms with Gasteiger partial charge in [0.2, 0.25) is 5.91 Å². The van der Waals surface area contributed by atoms with Crippen LogP contribution in [0.15, 0.2) is 42.5 Å². The van der Waals surface area contributed by atoms with Crippen molar-refractivity contribution in [1.82, 2.24) is 5.32 Å². The van der Waals surface area contributed by atoms with E-state index in [1.807, 2.05) is 25.1 Å². The van der Waals surface area contributed by atoms with Crippen molar-refractivity contribution in [2.45, 2.75) is 39.8 Å². The first-order valence-corrected chi connectivity index (χ1v) is 9.20. The third kappa shape index (κ3) is 5.39. The van der Waals surface area contributed by atoms with Gasteiger partial charge >= 0.3 is 0 Å². The molecule has 0 heterocycles. The molecule has 1 N–H and O–H groups in total. The van der Waals surface area contributed by atoms with E-state index in [0.717, 1.165) is 22.7 Å². The van der Waals surface area contributed by atoms with E-state index in [1.165, 1.54) is 5.56 Å². The van der Waals surface area contributed by atoms with Crippen molar-refractivity contribution >= 4 is 11.6 Å². The predicted octanol–water partition coefficient (Wildman–Crippen LogP) is 4.10. The number of rotatable bonds is 8. The van der Waals surface area contributed by atoms with Crippen molar-refractivity contribution in [3.63, 3.8) is 0 Å². The number of carbonyl (C=O) groups is 1. The molecule has 0 radical (unpaired) electrons. The minimum absolute atomic E-state index is 0.0401. The van der Waals surface area contributed by atoms with Gasteiger partial charge in [0, 0.05) is 17.3 Å². The van der Waals surface area contributed by atoms with Crippen LogP contribution >= 0.6 is 0 Å². The maximum atomic E-state index is 12.7. The van der Waals surface area contributed by atoms with Gasteiger partial charge in [-0.1, -0.05) is 17.7 Å². The van der Waals surface area contributed by atoms with Gasteiger partial charge in [0.1, 0.15) is 11.5 Å². The molecule has 5 nitrogen and oxygen atoms in total. The average Bonchev–Trinajstić information content (AvgIpc) is 2.66. The predicted molar refractivity (Wildman–Crippen MR) is 110 cm³/mol. The summed E-state index contributed by atoms with van der Waals surface area (Å²) in [7, 11) is 3.24. The second-order valence-corrected chi connectivity index (χ2v) is 6.95. The van der Waals surface area contributed by atoms with Crippen LogP contribution in [0.3, 0.4) is 0 Å². The molecule has 0 aliphatic carbocycles. The summed E-state index contributed by atoms with van der Waals surface area (Å²) in [4.78, 5) is 14.8. The Balaban J connectivity index is 2.12. The summed E-state index contributed by atoms with van der Waals surface area (Å²) in [5.74, 6) is 1.42. The van der Waals surface area contributed by atoms with Crippen LogP contribution in [0.4, 0.5) is 5.69 Å². The summed E-state index contributed by atoms with van der Waals surface area (Å²) in [5, 5.41) is 3.07. The number of hydrogen-bond acceptors (Lipinski definition) is 4. The quantitative estimate of drug-likeness (QED) is 0.760. The van der Waals surface area contributed by atoms with Gasteiger partial charge in [0.05, 0.1) is 26.8 Å². The number of nitrogens with one attached hydrogen (secondary N) is 1. The van der Waals surface area contributed by atoms with Crippen LogP contribution in [0.1, 0.15) is 37.9 Å². The van der Waals surface area contributed by atoms with Gasteiger partial charge in [0.25, 0.3) is 0 Å².